The van der Waals surface area contributed by atoms with Gasteiger partial charge < -0.3 is 15.0 Å². The number of amides is 1. The Kier molecular flexibility index (Phi) is 7.63. The average molecular weight is 436 g/mol. The smallest absolute Gasteiger partial charge is 0.252 e. The number of nitrogens with one attached hydrogen (secondary N) is 2. The SMILES string of the molecule is CCOCCCNC(=O)c1cc(=O)[nH]c2ccc(S(=O)(=O)N3CCCCCC3)cc12. The fraction of sp³-hybridized carbons (Fsp3) is 0.524. The van der Waals surface area contributed by atoms with E-state index in [-0.39, 0.29) is 10.5 Å². The van der Waals surface area contributed by atoms with Gasteiger partial charge in [-0.25, -0.2) is 8.42 Å². The zero-order valence-corrected chi connectivity index (χ0v) is 18.1. The van der Waals surface area contributed by atoms with Crippen LogP contribution >= 0.6 is 0 Å². The first-order valence-electron chi connectivity index (χ1n) is 10.5. The van der Waals surface area contributed by atoms with Crippen LogP contribution < -0.4 is 10.9 Å². The van der Waals surface area contributed by atoms with Crippen LogP contribution in [0.15, 0.2) is 34.0 Å². The molecule has 0 spiro atoms. The van der Waals surface area contributed by atoms with E-state index >= 15 is 0 Å². The number of H-pyrrole nitrogens is 1. The summed E-state index contributed by atoms with van der Waals surface area (Å²) >= 11 is 0. The number of aromatic nitrogens is 1. The van der Waals surface area contributed by atoms with Crippen LogP contribution in [0, 0.1) is 0 Å². The molecule has 1 fully saturated rings. The molecule has 2 aromatic rings. The summed E-state index contributed by atoms with van der Waals surface area (Å²) in [5, 5.41) is 3.19. The summed E-state index contributed by atoms with van der Waals surface area (Å²) in [4.78, 5) is 27.5. The first kappa shape index (κ1) is 22.5. The van der Waals surface area contributed by atoms with Crippen LogP contribution in [0.3, 0.4) is 0 Å². The number of aromatic amines is 1. The molecule has 164 valence electrons. The molecular weight excluding hydrogens is 406 g/mol. The van der Waals surface area contributed by atoms with Crippen molar-refractivity contribution in [1.82, 2.24) is 14.6 Å². The Morgan fingerprint density at radius 3 is 2.60 bits per heavy atom. The highest BCUT2D eigenvalue weighted by Crippen LogP contribution is 2.24. The van der Waals surface area contributed by atoms with E-state index in [2.05, 4.69) is 10.3 Å². The lowest BCUT2D eigenvalue weighted by Gasteiger charge is -2.20. The van der Waals surface area contributed by atoms with Crippen molar-refractivity contribution in [3.05, 3.63) is 40.2 Å². The molecule has 0 unspecified atom stereocenters. The van der Waals surface area contributed by atoms with Crippen LogP contribution in [0.2, 0.25) is 0 Å². The molecule has 2 heterocycles. The van der Waals surface area contributed by atoms with E-state index in [1.54, 1.807) is 6.07 Å². The largest absolute Gasteiger partial charge is 0.382 e. The maximum absolute atomic E-state index is 13.1. The monoisotopic (exact) mass is 435 g/mol. The van der Waals surface area contributed by atoms with Crippen molar-refractivity contribution in [1.29, 1.82) is 0 Å². The number of pyridine rings is 1. The molecule has 0 radical (unpaired) electrons. The van der Waals surface area contributed by atoms with Crippen molar-refractivity contribution >= 4 is 26.8 Å². The second-order valence-electron chi connectivity index (χ2n) is 7.38. The molecule has 0 aliphatic carbocycles. The minimum Gasteiger partial charge on any atom is -0.382 e. The molecule has 30 heavy (non-hydrogen) atoms. The van der Waals surface area contributed by atoms with E-state index in [4.69, 9.17) is 4.74 Å². The summed E-state index contributed by atoms with van der Waals surface area (Å²) in [6.07, 6.45) is 4.39. The normalized spacial score (nSPS) is 15.8. The van der Waals surface area contributed by atoms with Crippen LogP contribution in [0.25, 0.3) is 10.9 Å². The summed E-state index contributed by atoms with van der Waals surface area (Å²) in [5.41, 5.74) is 0.181. The summed E-state index contributed by atoms with van der Waals surface area (Å²) in [6, 6.07) is 5.73. The first-order valence-corrected chi connectivity index (χ1v) is 11.9. The maximum Gasteiger partial charge on any atom is 0.252 e. The van der Waals surface area contributed by atoms with Crippen LogP contribution in [-0.4, -0.2) is 56.5 Å². The van der Waals surface area contributed by atoms with Gasteiger partial charge in [0.25, 0.3) is 5.91 Å². The lowest BCUT2D eigenvalue weighted by molar-refractivity contribution is 0.0945. The third kappa shape index (κ3) is 5.27. The Balaban J connectivity index is 1.90. The number of ether oxygens (including phenoxy) is 1. The van der Waals surface area contributed by atoms with Crippen molar-refractivity contribution in [3.63, 3.8) is 0 Å². The van der Waals surface area contributed by atoms with Crippen LogP contribution in [0.1, 0.15) is 49.4 Å². The Bertz CT molecular complexity index is 1040. The van der Waals surface area contributed by atoms with Gasteiger partial charge in [0.05, 0.1) is 10.5 Å². The highest BCUT2D eigenvalue weighted by molar-refractivity contribution is 7.89. The number of benzene rings is 1. The van der Waals surface area contributed by atoms with Gasteiger partial charge in [0.15, 0.2) is 0 Å². The van der Waals surface area contributed by atoms with Gasteiger partial charge in [-0.2, -0.15) is 4.31 Å². The highest BCUT2D eigenvalue weighted by atomic mass is 32.2. The van der Waals surface area contributed by atoms with Crippen molar-refractivity contribution in [2.75, 3.05) is 32.8 Å². The summed E-state index contributed by atoms with van der Waals surface area (Å²) in [5.74, 6) is -0.410. The number of fused-ring (bicyclic) bond motifs is 1. The topological polar surface area (TPSA) is 109 Å². The number of carbonyl (C=O) groups is 1. The molecule has 3 rings (SSSR count). The van der Waals surface area contributed by atoms with Crippen molar-refractivity contribution in [3.8, 4) is 0 Å². The maximum atomic E-state index is 13.1. The van der Waals surface area contributed by atoms with Gasteiger partial charge in [0, 0.05) is 49.8 Å². The molecule has 1 amide bonds. The molecule has 0 saturated carbocycles. The van der Waals surface area contributed by atoms with E-state index in [0.29, 0.717) is 50.2 Å². The van der Waals surface area contributed by atoms with Crippen molar-refractivity contribution in [2.24, 2.45) is 0 Å². The second kappa shape index (κ2) is 10.2. The van der Waals surface area contributed by atoms with E-state index < -0.39 is 21.5 Å². The molecule has 1 aromatic carbocycles. The van der Waals surface area contributed by atoms with Gasteiger partial charge in [-0.15, -0.1) is 0 Å². The number of hydrogen-bond donors (Lipinski definition) is 2. The third-order valence-corrected chi connectivity index (χ3v) is 7.11. The number of hydrogen-bond acceptors (Lipinski definition) is 5. The number of carbonyl (C=O) groups excluding carboxylic acids is 1. The molecule has 1 saturated heterocycles. The Labute approximate surface area is 176 Å². The molecule has 0 atom stereocenters. The second-order valence-corrected chi connectivity index (χ2v) is 9.32. The Morgan fingerprint density at radius 1 is 1.17 bits per heavy atom. The molecule has 2 N–H and O–H groups in total. The molecule has 1 aromatic heterocycles. The average Bonchev–Trinajstić information content (AvgIpc) is 3.02. The van der Waals surface area contributed by atoms with Gasteiger partial charge in [0.2, 0.25) is 15.6 Å². The standard InChI is InChI=1S/C21H29N3O5S/c1-2-29-13-7-10-22-21(26)18-15-20(25)23-19-9-8-16(14-17(18)19)30(27,28)24-11-5-3-4-6-12-24/h8-9,14-15H,2-7,10-13H2,1H3,(H,22,26)(H,23,25). The predicted molar refractivity (Wildman–Crippen MR) is 115 cm³/mol. The zero-order chi connectivity index (χ0) is 21.6. The zero-order valence-electron chi connectivity index (χ0n) is 17.3. The summed E-state index contributed by atoms with van der Waals surface area (Å²) in [6.45, 7) is 4.45. The predicted octanol–water partition coefficient (Wildman–Crippen LogP) is 2.25. The Hall–Kier alpha value is -2.23. The van der Waals surface area contributed by atoms with Gasteiger partial charge in [-0.1, -0.05) is 12.8 Å². The van der Waals surface area contributed by atoms with Gasteiger partial charge in [-0.05, 0) is 44.4 Å². The highest BCUT2D eigenvalue weighted by Gasteiger charge is 2.26. The minimum absolute atomic E-state index is 0.134. The van der Waals surface area contributed by atoms with Gasteiger partial charge in [0.1, 0.15) is 0 Å². The molecule has 1 aliphatic heterocycles. The van der Waals surface area contributed by atoms with Gasteiger partial charge >= 0.3 is 0 Å². The molecule has 1 aliphatic rings. The molecular formula is C21H29N3O5S. The van der Waals surface area contributed by atoms with E-state index in [1.807, 2.05) is 6.92 Å². The van der Waals surface area contributed by atoms with Gasteiger partial charge in [-0.3, -0.25) is 9.59 Å². The third-order valence-electron chi connectivity index (χ3n) is 5.22. The van der Waals surface area contributed by atoms with E-state index in [1.165, 1.54) is 22.5 Å². The van der Waals surface area contributed by atoms with E-state index in [9.17, 15) is 18.0 Å². The van der Waals surface area contributed by atoms with Crippen molar-refractivity contribution in [2.45, 2.75) is 43.9 Å². The number of sulfonamides is 1. The summed E-state index contributed by atoms with van der Waals surface area (Å²) in [7, 11) is -3.66. The fourth-order valence-electron chi connectivity index (χ4n) is 3.63. The molecule has 0 bridgehead atoms. The number of rotatable bonds is 8. The van der Waals surface area contributed by atoms with Crippen molar-refractivity contribution < 1.29 is 17.9 Å². The number of nitrogens with zero attached hydrogens (tertiary/aromatic N) is 1. The Morgan fingerprint density at radius 2 is 1.90 bits per heavy atom. The van der Waals surface area contributed by atoms with Crippen LogP contribution in [-0.2, 0) is 14.8 Å². The summed E-state index contributed by atoms with van der Waals surface area (Å²) < 4.78 is 33.1. The van der Waals surface area contributed by atoms with Crippen LogP contribution in [0.5, 0.6) is 0 Å². The lowest BCUT2D eigenvalue weighted by atomic mass is 10.1. The minimum atomic E-state index is -3.66. The fourth-order valence-corrected chi connectivity index (χ4v) is 5.17. The van der Waals surface area contributed by atoms with E-state index in [0.717, 1.165) is 25.7 Å². The quantitative estimate of drug-likeness (QED) is 0.618. The molecule has 8 nitrogen and oxygen atoms in total. The first-order chi connectivity index (χ1) is 14.4. The lowest BCUT2D eigenvalue weighted by Crippen LogP contribution is -2.32. The van der Waals surface area contributed by atoms with Crippen LogP contribution in [0.4, 0.5) is 0 Å². The molecule has 9 heteroatoms.